The first-order chi connectivity index (χ1) is 14.4. The number of likely N-dealkylation sites (tertiary alicyclic amines) is 1. The predicted octanol–water partition coefficient (Wildman–Crippen LogP) is 4.44. The lowest BCUT2D eigenvalue weighted by Gasteiger charge is -2.35. The van der Waals surface area contributed by atoms with Crippen molar-refractivity contribution in [2.45, 2.75) is 44.0 Å². The van der Waals surface area contributed by atoms with Crippen LogP contribution >= 0.6 is 0 Å². The van der Waals surface area contributed by atoms with Crippen molar-refractivity contribution in [3.8, 4) is 5.75 Å². The van der Waals surface area contributed by atoms with E-state index < -0.39 is 9.84 Å². The summed E-state index contributed by atoms with van der Waals surface area (Å²) in [5, 5.41) is 0. The molecule has 2 aromatic rings. The number of ether oxygens (including phenoxy) is 1. The first-order valence-electron chi connectivity index (χ1n) is 10.8. The van der Waals surface area contributed by atoms with Gasteiger partial charge in [-0.15, -0.1) is 0 Å². The molecule has 0 spiro atoms. The maximum absolute atomic E-state index is 13.1. The molecule has 30 heavy (non-hydrogen) atoms. The Morgan fingerprint density at radius 3 is 2.47 bits per heavy atom. The van der Waals surface area contributed by atoms with Crippen LogP contribution in [-0.2, 0) is 9.84 Å². The maximum atomic E-state index is 13.1. The average Bonchev–Trinajstić information content (AvgIpc) is 2.77. The standard InChI is InChI=1S/C24H34N2O3S/c1-20-12-15-25(16-13-20)17-14-21(2)26(22-8-7-9-23(18-22)29-3)19-30(27,28)24-10-5-4-6-11-24/h4-11,18,20-21H,12-17,19H2,1-3H3. The van der Waals surface area contributed by atoms with E-state index in [4.69, 9.17) is 4.74 Å². The van der Waals surface area contributed by atoms with Crippen LogP contribution < -0.4 is 9.64 Å². The summed E-state index contributed by atoms with van der Waals surface area (Å²) in [5.74, 6) is 1.48. The zero-order valence-corrected chi connectivity index (χ0v) is 19.1. The lowest BCUT2D eigenvalue weighted by atomic mass is 9.99. The first-order valence-corrected chi connectivity index (χ1v) is 12.4. The normalized spacial score (nSPS) is 16.9. The Kier molecular flexibility index (Phi) is 7.78. The minimum absolute atomic E-state index is 0.0532. The highest BCUT2D eigenvalue weighted by atomic mass is 32.2. The minimum atomic E-state index is -3.45. The summed E-state index contributed by atoms with van der Waals surface area (Å²) in [6, 6.07) is 16.4. The highest BCUT2D eigenvalue weighted by Gasteiger charge is 2.25. The third-order valence-electron chi connectivity index (χ3n) is 6.07. The molecule has 1 fully saturated rings. The van der Waals surface area contributed by atoms with E-state index in [9.17, 15) is 8.42 Å². The molecular formula is C24H34N2O3S. The van der Waals surface area contributed by atoms with Gasteiger partial charge in [0, 0.05) is 24.3 Å². The van der Waals surface area contributed by atoms with Gasteiger partial charge in [-0.3, -0.25) is 0 Å². The van der Waals surface area contributed by atoms with Gasteiger partial charge in [0.1, 0.15) is 11.6 Å². The Hall–Kier alpha value is -2.05. The average molecular weight is 431 g/mol. The summed E-state index contributed by atoms with van der Waals surface area (Å²) in [4.78, 5) is 4.86. The van der Waals surface area contributed by atoms with Crippen LogP contribution in [0.2, 0.25) is 0 Å². The summed E-state index contributed by atoms with van der Waals surface area (Å²) < 4.78 is 31.6. The summed E-state index contributed by atoms with van der Waals surface area (Å²) in [7, 11) is -1.82. The van der Waals surface area contributed by atoms with E-state index >= 15 is 0 Å². The topological polar surface area (TPSA) is 49.9 Å². The Balaban J connectivity index is 1.78. The number of benzene rings is 2. The highest BCUT2D eigenvalue weighted by molar-refractivity contribution is 7.91. The van der Waals surface area contributed by atoms with Crippen LogP contribution in [-0.4, -0.2) is 52.0 Å². The SMILES string of the molecule is COc1cccc(N(CS(=O)(=O)c2ccccc2)C(C)CCN2CCC(C)CC2)c1. The van der Waals surface area contributed by atoms with Gasteiger partial charge in [-0.1, -0.05) is 31.2 Å². The summed E-state index contributed by atoms with van der Waals surface area (Å²) in [6.45, 7) is 7.69. The van der Waals surface area contributed by atoms with E-state index in [0.29, 0.717) is 4.90 Å². The molecule has 1 saturated heterocycles. The van der Waals surface area contributed by atoms with Gasteiger partial charge in [-0.05, 0) is 69.5 Å². The lowest BCUT2D eigenvalue weighted by molar-refractivity contribution is 0.187. The van der Waals surface area contributed by atoms with Crippen LogP contribution in [0.3, 0.4) is 0 Å². The van der Waals surface area contributed by atoms with Gasteiger partial charge in [-0.25, -0.2) is 8.42 Å². The zero-order valence-electron chi connectivity index (χ0n) is 18.3. The molecule has 0 aromatic heterocycles. The van der Waals surface area contributed by atoms with Crippen LogP contribution in [0.1, 0.15) is 33.1 Å². The van der Waals surface area contributed by atoms with Crippen LogP contribution in [0.5, 0.6) is 5.75 Å². The predicted molar refractivity (Wildman–Crippen MR) is 123 cm³/mol. The maximum Gasteiger partial charge on any atom is 0.196 e. The van der Waals surface area contributed by atoms with Crippen LogP contribution in [0.4, 0.5) is 5.69 Å². The second-order valence-corrected chi connectivity index (χ2v) is 10.3. The van der Waals surface area contributed by atoms with Gasteiger partial charge < -0.3 is 14.5 Å². The molecule has 164 valence electrons. The van der Waals surface area contributed by atoms with Crippen molar-refractivity contribution < 1.29 is 13.2 Å². The smallest absolute Gasteiger partial charge is 0.196 e. The number of hydrogen-bond acceptors (Lipinski definition) is 5. The van der Waals surface area contributed by atoms with Gasteiger partial charge in [-0.2, -0.15) is 0 Å². The Morgan fingerprint density at radius 2 is 1.80 bits per heavy atom. The highest BCUT2D eigenvalue weighted by Crippen LogP contribution is 2.26. The Labute approximate surface area is 181 Å². The fourth-order valence-corrected chi connectivity index (χ4v) is 5.43. The minimum Gasteiger partial charge on any atom is -0.497 e. The number of methoxy groups -OCH3 is 1. The third kappa shape index (κ3) is 5.99. The van der Waals surface area contributed by atoms with Gasteiger partial charge in [0.05, 0.1) is 12.0 Å². The molecule has 0 amide bonds. The molecule has 0 saturated carbocycles. The van der Waals surface area contributed by atoms with Crippen molar-refractivity contribution in [1.29, 1.82) is 0 Å². The second kappa shape index (κ2) is 10.3. The number of piperidine rings is 1. The van der Waals surface area contributed by atoms with Crippen molar-refractivity contribution >= 4 is 15.5 Å². The van der Waals surface area contributed by atoms with E-state index in [1.54, 1.807) is 31.4 Å². The van der Waals surface area contributed by atoms with Gasteiger partial charge in [0.25, 0.3) is 0 Å². The Morgan fingerprint density at radius 1 is 1.10 bits per heavy atom. The fourth-order valence-electron chi connectivity index (χ4n) is 3.94. The molecule has 1 aliphatic heterocycles. The quantitative estimate of drug-likeness (QED) is 0.588. The molecular weight excluding hydrogens is 396 g/mol. The van der Waals surface area contributed by atoms with Crippen molar-refractivity contribution in [3.63, 3.8) is 0 Å². The number of sulfone groups is 1. The van der Waals surface area contributed by atoms with Crippen LogP contribution in [0.25, 0.3) is 0 Å². The molecule has 2 aromatic carbocycles. The first kappa shape index (κ1) is 22.6. The Bertz CT molecular complexity index is 894. The number of rotatable bonds is 9. The van der Waals surface area contributed by atoms with E-state index in [1.165, 1.54) is 12.8 Å². The van der Waals surface area contributed by atoms with Crippen molar-refractivity contribution in [2.75, 3.05) is 37.5 Å². The molecule has 5 nitrogen and oxygen atoms in total. The second-order valence-electron chi connectivity index (χ2n) is 8.39. The lowest BCUT2D eigenvalue weighted by Crippen LogP contribution is -2.41. The van der Waals surface area contributed by atoms with E-state index in [2.05, 4.69) is 18.7 Å². The number of nitrogens with zero attached hydrogens (tertiary/aromatic N) is 2. The van der Waals surface area contributed by atoms with Crippen molar-refractivity contribution in [2.24, 2.45) is 5.92 Å². The fraction of sp³-hybridized carbons (Fsp3) is 0.500. The molecule has 0 radical (unpaired) electrons. The molecule has 6 heteroatoms. The summed E-state index contributed by atoms with van der Waals surface area (Å²) >= 11 is 0. The molecule has 0 aliphatic carbocycles. The van der Waals surface area contributed by atoms with E-state index in [1.807, 2.05) is 35.2 Å². The molecule has 0 bridgehead atoms. The summed E-state index contributed by atoms with van der Waals surface area (Å²) in [5.41, 5.74) is 0.869. The van der Waals surface area contributed by atoms with Crippen LogP contribution in [0, 0.1) is 5.92 Å². The van der Waals surface area contributed by atoms with E-state index in [0.717, 1.165) is 43.4 Å². The largest absolute Gasteiger partial charge is 0.497 e. The number of hydrogen-bond donors (Lipinski definition) is 0. The molecule has 1 atom stereocenters. The molecule has 3 rings (SSSR count). The summed E-state index contributed by atoms with van der Waals surface area (Å²) in [6.07, 6.45) is 3.41. The third-order valence-corrected chi connectivity index (χ3v) is 7.68. The van der Waals surface area contributed by atoms with Gasteiger partial charge in [0.15, 0.2) is 9.84 Å². The molecule has 1 aliphatic rings. The molecule has 0 N–H and O–H groups in total. The van der Waals surface area contributed by atoms with Gasteiger partial charge >= 0.3 is 0 Å². The van der Waals surface area contributed by atoms with Gasteiger partial charge in [0.2, 0.25) is 0 Å². The zero-order chi connectivity index (χ0) is 21.6. The van der Waals surface area contributed by atoms with Crippen molar-refractivity contribution in [1.82, 2.24) is 4.90 Å². The number of anilines is 1. The molecule has 1 unspecified atom stereocenters. The molecule has 1 heterocycles. The van der Waals surface area contributed by atoms with Crippen LogP contribution in [0.15, 0.2) is 59.5 Å². The van der Waals surface area contributed by atoms with Crippen molar-refractivity contribution in [3.05, 3.63) is 54.6 Å². The monoisotopic (exact) mass is 430 g/mol. The van der Waals surface area contributed by atoms with E-state index in [-0.39, 0.29) is 11.9 Å².